The number of nitrogens with two attached hydrogens (primary N) is 1. The molecule has 0 radical (unpaired) electrons. The molecule has 3 aromatic rings. The minimum atomic E-state index is -1.14. The van der Waals surface area contributed by atoms with Crippen molar-refractivity contribution in [2.45, 2.75) is 83.1 Å². The average molecular weight is 731 g/mol. The van der Waals surface area contributed by atoms with Gasteiger partial charge in [0.2, 0.25) is 18.2 Å². The van der Waals surface area contributed by atoms with Crippen LogP contribution in [0.15, 0.2) is 60.9 Å². The molecular weight excluding hydrogens is 680 g/mol. The third-order valence-electron chi connectivity index (χ3n) is 10.2. The van der Waals surface area contributed by atoms with Gasteiger partial charge in [0.1, 0.15) is 11.9 Å². The van der Waals surface area contributed by atoms with E-state index in [1.807, 2.05) is 61.2 Å². The van der Waals surface area contributed by atoms with Gasteiger partial charge in [-0.3, -0.25) is 14.9 Å². The average Bonchev–Trinajstić information content (AvgIpc) is 3.91. The summed E-state index contributed by atoms with van der Waals surface area (Å²) >= 11 is 0. The highest BCUT2D eigenvalue weighted by molar-refractivity contribution is 5.87. The Balaban J connectivity index is 1.12. The first-order valence-corrected chi connectivity index (χ1v) is 18.1. The maximum absolute atomic E-state index is 13.7. The molecule has 3 aliphatic rings. The lowest BCUT2D eigenvalue weighted by Crippen LogP contribution is -2.57. The van der Waals surface area contributed by atoms with Crippen LogP contribution in [0, 0.1) is 5.92 Å². The number of hydrogen-bond acceptors (Lipinski definition) is 11. The van der Waals surface area contributed by atoms with Gasteiger partial charge in [-0.25, -0.2) is 9.78 Å². The Morgan fingerprint density at radius 2 is 1.70 bits per heavy atom. The van der Waals surface area contributed by atoms with Crippen molar-refractivity contribution in [3.8, 4) is 11.1 Å². The summed E-state index contributed by atoms with van der Waals surface area (Å²) in [5.74, 6) is 0.271. The maximum atomic E-state index is 13.7. The lowest BCUT2D eigenvalue weighted by molar-refractivity contribution is -0.335. The molecule has 0 spiro atoms. The predicted octanol–water partition coefficient (Wildman–Crippen LogP) is 3.25. The van der Waals surface area contributed by atoms with Crippen molar-refractivity contribution in [2.75, 3.05) is 27.0 Å². The zero-order valence-electron chi connectivity index (χ0n) is 30.6. The van der Waals surface area contributed by atoms with Gasteiger partial charge in [-0.15, -0.1) is 0 Å². The Hall–Kier alpha value is -4.96. The largest absolute Gasteiger partial charge is 0.453 e. The fourth-order valence-electron chi connectivity index (χ4n) is 7.24. The summed E-state index contributed by atoms with van der Waals surface area (Å²) in [5.41, 5.74) is 11.9. The fraction of sp³-hybridized carbons (Fsp3) is 0.474. The second kappa shape index (κ2) is 16.4. The van der Waals surface area contributed by atoms with Crippen LogP contribution >= 0.6 is 0 Å². The van der Waals surface area contributed by atoms with Gasteiger partial charge in [-0.2, -0.15) is 0 Å². The Bertz CT molecular complexity index is 1840. The van der Waals surface area contributed by atoms with Crippen LogP contribution in [0.3, 0.4) is 0 Å². The monoisotopic (exact) mass is 730 g/mol. The number of fused-ring (bicyclic) bond motifs is 1. The molecule has 3 saturated heterocycles. The summed E-state index contributed by atoms with van der Waals surface area (Å²) in [7, 11) is 1.21. The van der Waals surface area contributed by atoms with Crippen LogP contribution in [0.2, 0.25) is 0 Å². The number of nitrogens with one attached hydrogen (secondary N) is 4. The van der Waals surface area contributed by atoms with Crippen molar-refractivity contribution in [1.82, 2.24) is 35.7 Å². The Kier molecular flexibility index (Phi) is 11.7. The molecule has 1 aromatic heterocycles. The second-order valence-electron chi connectivity index (χ2n) is 14.1. The van der Waals surface area contributed by atoms with Gasteiger partial charge in [-0.1, -0.05) is 50.8 Å². The lowest BCUT2D eigenvalue weighted by atomic mass is 10.0. The Morgan fingerprint density at radius 3 is 2.34 bits per heavy atom. The number of aliphatic hydroxyl groups excluding tert-OH is 1. The molecule has 6 rings (SSSR count). The molecule has 15 heteroatoms. The van der Waals surface area contributed by atoms with E-state index in [9.17, 15) is 19.5 Å². The molecule has 4 heterocycles. The van der Waals surface area contributed by atoms with Crippen molar-refractivity contribution < 1.29 is 33.7 Å². The molecule has 0 unspecified atom stereocenters. The smallest absolute Gasteiger partial charge is 0.407 e. The van der Waals surface area contributed by atoms with E-state index in [0.29, 0.717) is 36.7 Å². The number of aromatic nitrogens is 2. The molecular formula is C38H50N8O7. The van der Waals surface area contributed by atoms with Crippen molar-refractivity contribution in [3.63, 3.8) is 0 Å². The van der Waals surface area contributed by atoms with E-state index in [4.69, 9.17) is 20.2 Å². The number of carbonyl (C=O) groups is 3. The zero-order valence-corrected chi connectivity index (χ0v) is 30.6. The highest BCUT2D eigenvalue weighted by Crippen LogP contribution is 2.34. The third-order valence-corrected chi connectivity index (χ3v) is 10.2. The lowest BCUT2D eigenvalue weighted by Gasteiger charge is -2.36. The first-order valence-electron chi connectivity index (χ1n) is 18.1. The van der Waals surface area contributed by atoms with Gasteiger partial charge in [0, 0.05) is 25.0 Å². The van der Waals surface area contributed by atoms with Crippen LogP contribution < -0.4 is 21.7 Å². The third kappa shape index (κ3) is 8.18. The standard InChI is InChI=1S/C38H50N8O7/c1-21(2)32(44-38-52-20-53-38)35(48)45-16-6-8-30(45)22(3)40-29(19-39)25-12-10-24(11-13-25)26-14-15-27-28(18-26)42-34(41-27)31-9-7-17-46(31)36(49)33(23(4)47)43-37(50)51-5/h10-15,18-19,21,23,30-33,38,40,44,47H,3,6-9,16-17,20,39H2,1-2,4-5H3,(H,41,42)(H,43,50)/b29-19-/t23-,30-,31-,32-,33-/m0/s1. The minimum Gasteiger partial charge on any atom is -0.453 e. The quantitative estimate of drug-likeness (QED) is 0.151. The molecule has 0 bridgehead atoms. The predicted molar refractivity (Wildman–Crippen MR) is 198 cm³/mol. The number of likely N-dealkylation sites (tertiary alicyclic amines) is 2. The SMILES string of the molecule is C=C(N/C(=C\N)c1ccc(-c2ccc3nc([C@@H]4CCCN4C(=O)[C@@H](NC(=O)OC)[C@H](C)O)[nH]c3c2)cc1)[C@@H]1CCCN1C(=O)[C@@H](NC1OCO1)C(C)C. The van der Waals surface area contributed by atoms with Crippen LogP contribution in [0.5, 0.6) is 0 Å². The number of H-pyrrole nitrogens is 1. The number of amides is 3. The van der Waals surface area contributed by atoms with Gasteiger partial charge < -0.3 is 50.5 Å². The molecule has 284 valence electrons. The molecule has 3 fully saturated rings. The van der Waals surface area contributed by atoms with Crippen LogP contribution in [-0.4, -0.2) is 100 Å². The molecule has 2 aromatic carbocycles. The van der Waals surface area contributed by atoms with Crippen LogP contribution in [-0.2, 0) is 23.8 Å². The summed E-state index contributed by atoms with van der Waals surface area (Å²) in [5, 5.41) is 19.3. The van der Waals surface area contributed by atoms with Crippen molar-refractivity contribution in [3.05, 3.63) is 72.3 Å². The van der Waals surface area contributed by atoms with E-state index in [1.165, 1.54) is 20.2 Å². The van der Waals surface area contributed by atoms with Gasteiger partial charge in [0.05, 0.1) is 48.1 Å². The number of ether oxygens (including phenoxy) is 3. The highest BCUT2D eigenvalue weighted by atomic mass is 16.9. The van der Waals surface area contributed by atoms with E-state index in [-0.39, 0.29) is 30.7 Å². The van der Waals surface area contributed by atoms with Crippen molar-refractivity contribution >= 4 is 34.6 Å². The van der Waals surface area contributed by atoms with E-state index in [0.717, 1.165) is 47.0 Å². The first kappa shape index (κ1) is 37.8. The first-order chi connectivity index (χ1) is 25.5. The molecule has 5 atom stereocenters. The van der Waals surface area contributed by atoms with Crippen LogP contribution in [0.4, 0.5) is 4.79 Å². The summed E-state index contributed by atoms with van der Waals surface area (Å²) in [6, 6.07) is 11.8. The van der Waals surface area contributed by atoms with Crippen molar-refractivity contribution in [1.29, 1.82) is 0 Å². The second-order valence-corrected chi connectivity index (χ2v) is 14.1. The number of aromatic amines is 1. The van der Waals surface area contributed by atoms with E-state index >= 15 is 0 Å². The molecule has 0 aliphatic carbocycles. The maximum Gasteiger partial charge on any atom is 0.407 e. The summed E-state index contributed by atoms with van der Waals surface area (Å²) in [6.45, 7) is 11.1. The van der Waals surface area contributed by atoms with Crippen LogP contribution in [0.1, 0.15) is 63.9 Å². The number of carbonyl (C=O) groups excluding carboxylic acids is 3. The number of nitrogens with zero attached hydrogens (tertiary/aromatic N) is 3. The summed E-state index contributed by atoms with van der Waals surface area (Å²) in [6.07, 6.45) is 2.15. The molecule has 3 amide bonds. The fourth-order valence-corrected chi connectivity index (χ4v) is 7.24. The molecule has 15 nitrogen and oxygen atoms in total. The molecule has 3 aliphatic heterocycles. The molecule has 53 heavy (non-hydrogen) atoms. The van der Waals surface area contributed by atoms with E-state index < -0.39 is 36.6 Å². The zero-order chi connectivity index (χ0) is 37.8. The topological polar surface area (TPSA) is 196 Å². The number of benzene rings is 2. The highest BCUT2D eigenvalue weighted by Gasteiger charge is 2.39. The van der Waals surface area contributed by atoms with Crippen molar-refractivity contribution in [2.24, 2.45) is 11.7 Å². The summed E-state index contributed by atoms with van der Waals surface area (Å²) in [4.78, 5) is 50.7. The number of methoxy groups -OCH3 is 1. The normalized spacial score (nSPS) is 21.0. The molecule has 0 saturated carbocycles. The number of hydrogen-bond donors (Lipinski definition) is 6. The van der Waals surface area contributed by atoms with Gasteiger partial charge >= 0.3 is 6.09 Å². The van der Waals surface area contributed by atoms with Crippen LogP contribution in [0.25, 0.3) is 27.9 Å². The number of alkyl carbamates (subject to hydrolysis) is 1. The molecule has 7 N–H and O–H groups in total. The van der Waals surface area contributed by atoms with Gasteiger partial charge in [-0.05, 0) is 67.3 Å². The Labute approximate surface area is 308 Å². The van der Waals surface area contributed by atoms with E-state index in [2.05, 4.69) is 32.3 Å². The minimum absolute atomic E-state index is 0.0134. The van der Waals surface area contributed by atoms with Gasteiger partial charge in [0.15, 0.2) is 6.79 Å². The number of imidazole rings is 1. The van der Waals surface area contributed by atoms with E-state index in [1.54, 1.807) is 4.90 Å². The number of aliphatic hydroxyl groups is 1. The summed E-state index contributed by atoms with van der Waals surface area (Å²) < 4.78 is 15.3. The Morgan fingerprint density at radius 1 is 1.02 bits per heavy atom. The van der Waals surface area contributed by atoms with Gasteiger partial charge in [0.25, 0.3) is 0 Å². The number of rotatable bonds is 13.